The normalized spacial score (nSPS) is 12.7. The molecule has 0 aliphatic heterocycles. The number of nitrogens with zero attached hydrogens (tertiary/aromatic N) is 2. The molecule has 4 nitrogen and oxygen atoms in total. The molecule has 3 heterocycles. The summed E-state index contributed by atoms with van der Waals surface area (Å²) in [6.07, 6.45) is 0. The molecule has 116 valence electrons. The quantitative estimate of drug-likeness (QED) is 0.763. The standard InChI is InChI=1S/C17H21N3OS/c1-11-8-15(10-18-13(3)16-6-5-7-22-16)14(4)20(11)17-9-12(2)21-19-17/h5-9,13,18H,10H2,1-4H3. The summed E-state index contributed by atoms with van der Waals surface area (Å²) < 4.78 is 7.34. The Balaban J connectivity index is 1.78. The SMILES string of the molecule is Cc1cc(-n2c(C)cc(CNC(C)c3cccs3)c2C)no1. The second-order valence-corrected chi connectivity index (χ2v) is 6.62. The summed E-state index contributed by atoms with van der Waals surface area (Å²) in [7, 11) is 0. The maximum atomic E-state index is 5.20. The number of hydrogen-bond donors (Lipinski definition) is 1. The summed E-state index contributed by atoms with van der Waals surface area (Å²) >= 11 is 1.79. The van der Waals surface area contributed by atoms with Crippen LogP contribution in [-0.2, 0) is 6.54 Å². The van der Waals surface area contributed by atoms with Crippen LogP contribution in [0.15, 0.2) is 34.2 Å². The van der Waals surface area contributed by atoms with E-state index in [1.807, 2.05) is 13.0 Å². The third-order valence-corrected chi connectivity index (χ3v) is 5.00. The van der Waals surface area contributed by atoms with Crippen molar-refractivity contribution in [1.29, 1.82) is 0 Å². The zero-order valence-electron chi connectivity index (χ0n) is 13.4. The number of nitrogens with one attached hydrogen (secondary N) is 1. The fourth-order valence-corrected chi connectivity index (χ4v) is 3.48. The topological polar surface area (TPSA) is 43.0 Å². The molecular weight excluding hydrogens is 294 g/mol. The average molecular weight is 315 g/mol. The Hall–Kier alpha value is -1.85. The van der Waals surface area contributed by atoms with Crippen molar-refractivity contribution < 1.29 is 4.52 Å². The molecule has 0 spiro atoms. The summed E-state index contributed by atoms with van der Waals surface area (Å²) in [4.78, 5) is 1.36. The molecule has 0 saturated heterocycles. The van der Waals surface area contributed by atoms with Gasteiger partial charge in [-0.25, -0.2) is 0 Å². The van der Waals surface area contributed by atoms with Crippen molar-refractivity contribution in [2.45, 2.75) is 40.3 Å². The van der Waals surface area contributed by atoms with Gasteiger partial charge in [0.05, 0.1) is 0 Å². The van der Waals surface area contributed by atoms with Crippen molar-refractivity contribution in [2.75, 3.05) is 0 Å². The van der Waals surface area contributed by atoms with E-state index in [4.69, 9.17) is 4.52 Å². The van der Waals surface area contributed by atoms with Gasteiger partial charge in [0.1, 0.15) is 5.76 Å². The van der Waals surface area contributed by atoms with Crippen molar-refractivity contribution in [2.24, 2.45) is 0 Å². The minimum absolute atomic E-state index is 0.359. The first kappa shape index (κ1) is 15.1. The van der Waals surface area contributed by atoms with Gasteiger partial charge in [-0.15, -0.1) is 11.3 Å². The van der Waals surface area contributed by atoms with Crippen molar-refractivity contribution in [3.05, 3.63) is 57.2 Å². The summed E-state index contributed by atoms with van der Waals surface area (Å²) in [6, 6.07) is 8.80. The van der Waals surface area contributed by atoms with Crippen LogP contribution in [0.1, 0.15) is 40.6 Å². The Morgan fingerprint density at radius 2 is 2.14 bits per heavy atom. The molecule has 22 heavy (non-hydrogen) atoms. The molecule has 1 N–H and O–H groups in total. The van der Waals surface area contributed by atoms with Crippen LogP contribution in [0.5, 0.6) is 0 Å². The zero-order valence-corrected chi connectivity index (χ0v) is 14.2. The molecule has 0 aliphatic carbocycles. The van der Waals surface area contributed by atoms with Crippen LogP contribution in [0.2, 0.25) is 0 Å². The lowest BCUT2D eigenvalue weighted by Crippen LogP contribution is -2.17. The number of hydrogen-bond acceptors (Lipinski definition) is 4. The Labute approximate surface area is 134 Å². The Bertz CT molecular complexity index is 755. The van der Waals surface area contributed by atoms with Gasteiger partial charge in [-0.05, 0) is 50.8 Å². The molecule has 3 rings (SSSR count). The first-order valence-corrected chi connectivity index (χ1v) is 8.32. The summed E-state index contributed by atoms with van der Waals surface area (Å²) in [5.41, 5.74) is 3.67. The molecular formula is C17H21N3OS. The van der Waals surface area contributed by atoms with Crippen LogP contribution in [0.4, 0.5) is 0 Å². The first-order chi connectivity index (χ1) is 10.6. The fraction of sp³-hybridized carbons (Fsp3) is 0.353. The first-order valence-electron chi connectivity index (χ1n) is 7.44. The Morgan fingerprint density at radius 1 is 1.32 bits per heavy atom. The highest BCUT2D eigenvalue weighted by atomic mass is 32.1. The molecule has 0 fully saturated rings. The molecule has 0 radical (unpaired) electrons. The van der Waals surface area contributed by atoms with Crippen LogP contribution < -0.4 is 5.32 Å². The summed E-state index contributed by atoms with van der Waals surface area (Å²) in [6.45, 7) is 9.18. The molecule has 0 saturated carbocycles. The van der Waals surface area contributed by atoms with E-state index in [0.717, 1.165) is 18.1 Å². The minimum atomic E-state index is 0.359. The molecule has 5 heteroatoms. The van der Waals surface area contributed by atoms with E-state index in [9.17, 15) is 0 Å². The van der Waals surface area contributed by atoms with Gasteiger partial charge in [0, 0.05) is 34.9 Å². The van der Waals surface area contributed by atoms with E-state index < -0.39 is 0 Å². The second kappa shape index (κ2) is 6.10. The largest absolute Gasteiger partial charge is 0.360 e. The van der Waals surface area contributed by atoms with Crippen LogP contribution in [0.25, 0.3) is 5.82 Å². The van der Waals surface area contributed by atoms with Crippen molar-refractivity contribution >= 4 is 11.3 Å². The minimum Gasteiger partial charge on any atom is -0.360 e. The number of aromatic nitrogens is 2. The lowest BCUT2D eigenvalue weighted by molar-refractivity contribution is 0.394. The van der Waals surface area contributed by atoms with Crippen LogP contribution in [-0.4, -0.2) is 9.72 Å². The maximum Gasteiger partial charge on any atom is 0.180 e. The van der Waals surface area contributed by atoms with Crippen molar-refractivity contribution in [3.8, 4) is 5.82 Å². The van der Waals surface area contributed by atoms with E-state index >= 15 is 0 Å². The molecule has 0 aromatic carbocycles. The number of aryl methyl sites for hydroxylation is 2. The fourth-order valence-electron chi connectivity index (χ4n) is 2.72. The van der Waals surface area contributed by atoms with E-state index in [2.05, 4.69) is 59.4 Å². The van der Waals surface area contributed by atoms with Gasteiger partial charge < -0.3 is 14.4 Å². The Kier molecular flexibility index (Phi) is 4.18. The highest BCUT2D eigenvalue weighted by Gasteiger charge is 2.14. The van der Waals surface area contributed by atoms with Gasteiger partial charge in [-0.3, -0.25) is 0 Å². The molecule has 0 bridgehead atoms. The van der Waals surface area contributed by atoms with E-state index in [-0.39, 0.29) is 0 Å². The van der Waals surface area contributed by atoms with Crippen LogP contribution in [0, 0.1) is 20.8 Å². The van der Waals surface area contributed by atoms with Crippen molar-refractivity contribution in [3.63, 3.8) is 0 Å². The molecule has 1 unspecified atom stereocenters. The van der Waals surface area contributed by atoms with E-state index in [1.54, 1.807) is 11.3 Å². The molecule has 3 aromatic heterocycles. The average Bonchev–Trinajstić information content (AvgIpc) is 3.19. The van der Waals surface area contributed by atoms with Crippen LogP contribution >= 0.6 is 11.3 Å². The predicted molar refractivity (Wildman–Crippen MR) is 89.6 cm³/mol. The van der Waals surface area contributed by atoms with Gasteiger partial charge in [-0.1, -0.05) is 11.2 Å². The highest BCUT2D eigenvalue weighted by molar-refractivity contribution is 7.10. The molecule has 1 atom stereocenters. The lowest BCUT2D eigenvalue weighted by Gasteiger charge is -2.12. The third kappa shape index (κ3) is 2.87. The smallest absolute Gasteiger partial charge is 0.180 e. The monoisotopic (exact) mass is 315 g/mol. The maximum absolute atomic E-state index is 5.20. The Morgan fingerprint density at radius 3 is 2.77 bits per heavy atom. The van der Waals surface area contributed by atoms with Gasteiger partial charge >= 0.3 is 0 Å². The van der Waals surface area contributed by atoms with Gasteiger partial charge in [0.2, 0.25) is 0 Å². The predicted octanol–water partition coefficient (Wildman–Crippen LogP) is 4.30. The summed E-state index contributed by atoms with van der Waals surface area (Å²) in [5.74, 6) is 1.68. The van der Waals surface area contributed by atoms with E-state index in [1.165, 1.54) is 21.8 Å². The number of rotatable bonds is 5. The second-order valence-electron chi connectivity index (χ2n) is 5.65. The van der Waals surface area contributed by atoms with E-state index in [0.29, 0.717) is 6.04 Å². The number of thiophene rings is 1. The third-order valence-electron chi connectivity index (χ3n) is 3.95. The zero-order chi connectivity index (χ0) is 15.7. The molecule has 0 amide bonds. The lowest BCUT2D eigenvalue weighted by atomic mass is 10.2. The summed E-state index contributed by atoms with van der Waals surface area (Å²) in [5, 5.41) is 9.84. The highest BCUT2D eigenvalue weighted by Crippen LogP contribution is 2.23. The molecule has 0 aliphatic rings. The van der Waals surface area contributed by atoms with Gasteiger partial charge in [-0.2, -0.15) is 0 Å². The van der Waals surface area contributed by atoms with Crippen molar-refractivity contribution in [1.82, 2.24) is 15.0 Å². The van der Waals surface area contributed by atoms with Gasteiger partial charge in [0.25, 0.3) is 0 Å². The molecule has 3 aromatic rings. The van der Waals surface area contributed by atoms with Crippen LogP contribution in [0.3, 0.4) is 0 Å². The van der Waals surface area contributed by atoms with Gasteiger partial charge in [0.15, 0.2) is 5.82 Å².